The van der Waals surface area contributed by atoms with Crippen LogP contribution in [0.3, 0.4) is 0 Å². The number of hydrogen-bond acceptors (Lipinski definition) is 2. The van der Waals surface area contributed by atoms with Crippen LogP contribution in [0, 0.1) is 11.6 Å². The van der Waals surface area contributed by atoms with Gasteiger partial charge in [-0.05, 0) is 56.3 Å². The van der Waals surface area contributed by atoms with Crippen LogP contribution in [0.2, 0.25) is 0 Å². The first-order valence-electron chi connectivity index (χ1n) is 7.30. The van der Waals surface area contributed by atoms with Gasteiger partial charge in [0.15, 0.2) is 0 Å². The van der Waals surface area contributed by atoms with Crippen molar-refractivity contribution in [3.8, 4) is 0 Å². The molecule has 0 bridgehead atoms. The van der Waals surface area contributed by atoms with Gasteiger partial charge in [-0.15, -0.1) is 0 Å². The summed E-state index contributed by atoms with van der Waals surface area (Å²) in [6, 6.07) is 3.91. The van der Waals surface area contributed by atoms with Crippen LogP contribution in [0.15, 0.2) is 18.2 Å². The Bertz CT molecular complexity index is 420. The summed E-state index contributed by atoms with van der Waals surface area (Å²) in [6.45, 7) is 2.88. The quantitative estimate of drug-likeness (QED) is 0.827. The van der Waals surface area contributed by atoms with Crippen molar-refractivity contribution < 1.29 is 13.5 Å². The van der Waals surface area contributed by atoms with Gasteiger partial charge in [-0.1, -0.05) is 6.92 Å². The number of likely N-dealkylation sites (N-methyl/N-ethyl adjacent to an activating group) is 1. The first kappa shape index (κ1) is 15.4. The van der Waals surface area contributed by atoms with Crippen molar-refractivity contribution in [1.29, 1.82) is 0 Å². The number of hydrogen-bond donors (Lipinski definition) is 1. The summed E-state index contributed by atoms with van der Waals surface area (Å²) >= 11 is 0. The van der Waals surface area contributed by atoms with Crippen LogP contribution in [0.4, 0.5) is 8.78 Å². The molecule has 0 heterocycles. The van der Waals surface area contributed by atoms with Crippen molar-refractivity contribution in [2.75, 3.05) is 13.7 Å². The largest absolute Gasteiger partial charge is 0.378 e. The van der Waals surface area contributed by atoms with Crippen LogP contribution in [0.5, 0.6) is 0 Å². The van der Waals surface area contributed by atoms with Crippen molar-refractivity contribution >= 4 is 0 Å². The summed E-state index contributed by atoms with van der Waals surface area (Å²) in [5, 5.41) is 3.40. The summed E-state index contributed by atoms with van der Waals surface area (Å²) in [6.07, 6.45) is 4.84. The minimum atomic E-state index is -0.514. The fourth-order valence-corrected chi connectivity index (χ4v) is 3.03. The molecule has 4 heteroatoms. The number of benzene rings is 1. The third kappa shape index (κ3) is 3.76. The lowest BCUT2D eigenvalue weighted by Crippen LogP contribution is -2.46. The lowest BCUT2D eigenvalue weighted by atomic mass is 9.75. The van der Waals surface area contributed by atoms with Crippen LogP contribution < -0.4 is 5.32 Å². The monoisotopic (exact) mass is 283 g/mol. The Hall–Kier alpha value is -1.00. The van der Waals surface area contributed by atoms with Gasteiger partial charge in [0, 0.05) is 19.2 Å². The van der Waals surface area contributed by atoms with Crippen LogP contribution in [-0.2, 0) is 11.2 Å². The molecular formula is C16H23F2NO. The Balaban J connectivity index is 2.04. The summed E-state index contributed by atoms with van der Waals surface area (Å²) in [4.78, 5) is 0. The Labute approximate surface area is 119 Å². The molecule has 2 rings (SSSR count). The molecule has 1 aliphatic rings. The van der Waals surface area contributed by atoms with Crippen molar-refractivity contribution in [2.45, 2.75) is 50.7 Å². The molecule has 1 saturated carbocycles. The van der Waals surface area contributed by atoms with E-state index in [9.17, 15) is 8.78 Å². The van der Waals surface area contributed by atoms with E-state index in [4.69, 9.17) is 4.74 Å². The zero-order valence-corrected chi connectivity index (χ0v) is 12.2. The summed E-state index contributed by atoms with van der Waals surface area (Å²) < 4.78 is 32.2. The Morgan fingerprint density at radius 3 is 2.35 bits per heavy atom. The van der Waals surface area contributed by atoms with Gasteiger partial charge in [0.2, 0.25) is 0 Å². The number of rotatable bonds is 7. The van der Waals surface area contributed by atoms with E-state index in [-0.39, 0.29) is 11.6 Å². The predicted octanol–water partition coefficient (Wildman–Crippen LogP) is 3.44. The predicted molar refractivity (Wildman–Crippen MR) is 75.7 cm³/mol. The zero-order valence-electron chi connectivity index (χ0n) is 12.2. The Morgan fingerprint density at radius 1 is 1.25 bits per heavy atom. The number of ether oxygens (including phenoxy) is 1. The molecular weight excluding hydrogens is 260 g/mol. The van der Waals surface area contributed by atoms with Crippen LogP contribution in [-0.4, -0.2) is 25.3 Å². The zero-order chi connectivity index (χ0) is 14.6. The molecule has 1 aliphatic carbocycles. The topological polar surface area (TPSA) is 21.3 Å². The molecule has 1 N–H and O–H groups in total. The number of methoxy groups -OCH3 is 1. The molecule has 0 aliphatic heterocycles. The molecule has 2 nitrogen and oxygen atoms in total. The fraction of sp³-hybridized carbons (Fsp3) is 0.625. The van der Waals surface area contributed by atoms with Crippen LogP contribution in [0.25, 0.3) is 0 Å². The minimum absolute atomic E-state index is 0.0430. The Morgan fingerprint density at radius 2 is 1.90 bits per heavy atom. The average Bonchev–Trinajstić information content (AvgIpc) is 2.32. The number of nitrogens with one attached hydrogen (secondary N) is 1. The van der Waals surface area contributed by atoms with Gasteiger partial charge < -0.3 is 10.1 Å². The molecule has 1 atom stereocenters. The van der Waals surface area contributed by atoms with Gasteiger partial charge in [0.25, 0.3) is 0 Å². The molecule has 0 amide bonds. The Kier molecular flexibility index (Phi) is 5.11. The highest BCUT2D eigenvalue weighted by atomic mass is 19.1. The van der Waals surface area contributed by atoms with E-state index in [1.165, 1.54) is 18.6 Å². The van der Waals surface area contributed by atoms with Gasteiger partial charge in [0.1, 0.15) is 11.6 Å². The highest BCUT2D eigenvalue weighted by molar-refractivity contribution is 5.19. The van der Waals surface area contributed by atoms with E-state index in [0.717, 1.165) is 31.9 Å². The lowest BCUT2D eigenvalue weighted by Gasteiger charge is -2.43. The van der Waals surface area contributed by atoms with Crippen molar-refractivity contribution in [3.05, 3.63) is 35.4 Å². The van der Waals surface area contributed by atoms with E-state index in [2.05, 4.69) is 5.32 Å². The second-order valence-electron chi connectivity index (χ2n) is 5.68. The van der Waals surface area contributed by atoms with Crippen molar-refractivity contribution in [1.82, 2.24) is 5.32 Å². The number of halogens is 2. The summed E-state index contributed by atoms with van der Waals surface area (Å²) in [5.41, 5.74) is 0.651. The molecule has 1 aromatic carbocycles. The molecule has 20 heavy (non-hydrogen) atoms. The van der Waals surface area contributed by atoms with Crippen molar-refractivity contribution in [3.63, 3.8) is 0 Å². The highest BCUT2D eigenvalue weighted by Gasteiger charge is 2.38. The lowest BCUT2D eigenvalue weighted by molar-refractivity contribution is -0.0833. The third-order valence-corrected chi connectivity index (χ3v) is 4.21. The fourth-order valence-electron chi connectivity index (χ4n) is 3.03. The van der Waals surface area contributed by atoms with Gasteiger partial charge in [-0.3, -0.25) is 0 Å². The molecule has 112 valence electrons. The molecule has 0 radical (unpaired) electrons. The SMILES string of the molecule is CCNC(Cc1cc(F)cc(F)c1)CC1(OC)CCC1. The van der Waals surface area contributed by atoms with E-state index in [1.54, 1.807) is 7.11 Å². The van der Waals surface area contributed by atoms with Gasteiger partial charge in [0.05, 0.1) is 5.60 Å². The molecule has 1 fully saturated rings. The van der Waals surface area contributed by atoms with Crippen LogP contribution in [0.1, 0.15) is 38.2 Å². The maximum Gasteiger partial charge on any atom is 0.126 e. The average molecular weight is 283 g/mol. The smallest absolute Gasteiger partial charge is 0.126 e. The van der Waals surface area contributed by atoms with Crippen molar-refractivity contribution in [2.24, 2.45) is 0 Å². The summed E-state index contributed by atoms with van der Waals surface area (Å²) in [7, 11) is 1.75. The van der Waals surface area contributed by atoms with E-state index < -0.39 is 11.6 Å². The second kappa shape index (κ2) is 6.64. The van der Waals surface area contributed by atoms with Gasteiger partial charge in [-0.2, -0.15) is 0 Å². The standard InChI is InChI=1S/C16H23F2NO/c1-3-19-15(11-16(20-2)5-4-6-16)9-12-7-13(17)10-14(18)8-12/h7-8,10,15,19H,3-6,9,11H2,1-2H3. The molecule has 0 saturated heterocycles. The summed E-state index contributed by atoms with van der Waals surface area (Å²) in [5.74, 6) is -1.03. The van der Waals surface area contributed by atoms with E-state index >= 15 is 0 Å². The normalized spacial score (nSPS) is 18.6. The van der Waals surface area contributed by atoms with E-state index in [0.29, 0.717) is 12.0 Å². The third-order valence-electron chi connectivity index (χ3n) is 4.21. The maximum absolute atomic E-state index is 13.3. The van der Waals surface area contributed by atoms with Gasteiger partial charge >= 0.3 is 0 Å². The first-order chi connectivity index (χ1) is 9.57. The molecule has 1 unspecified atom stereocenters. The van der Waals surface area contributed by atoms with Gasteiger partial charge in [-0.25, -0.2) is 8.78 Å². The van der Waals surface area contributed by atoms with E-state index in [1.807, 2.05) is 6.92 Å². The molecule has 1 aromatic rings. The maximum atomic E-state index is 13.3. The first-order valence-corrected chi connectivity index (χ1v) is 7.30. The highest BCUT2D eigenvalue weighted by Crippen LogP contribution is 2.39. The molecule has 0 spiro atoms. The second-order valence-corrected chi connectivity index (χ2v) is 5.68. The minimum Gasteiger partial charge on any atom is -0.378 e. The van der Waals surface area contributed by atoms with Crippen LogP contribution >= 0.6 is 0 Å². The molecule has 0 aromatic heterocycles.